The second-order valence-electron chi connectivity index (χ2n) is 1.50. The SMILES string of the molecule is CC(=O)C(=CN)C(=O)OF. The van der Waals surface area contributed by atoms with Gasteiger partial charge in [-0.25, -0.2) is 9.74 Å². The molecule has 2 N–H and O–H groups in total. The molecule has 0 fully saturated rings. The second kappa shape index (κ2) is 3.60. The fourth-order valence-corrected chi connectivity index (χ4v) is 0.371. The summed E-state index contributed by atoms with van der Waals surface area (Å²) in [6, 6.07) is 0. The van der Waals surface area contributed by atoms with Crippen LogP contribution >= 0.6 is 0 Å². The van der Waals surface area contributed by atoms with Crippen LogP contribution in [0, 0.1) is 0 Å². The molecule has 0 spiro atoms. The fourth-order valence-electron chi connectivity index (χ4n) is 0.371. The first-order chi connectivity index (χ1) is 4.63. The van der Waals surface area contributed by atoms with E-state index < -0.39 is 17.3 Å². The average Bonchev–Trinajstić information content (AvgIpc) is 1.88. The minimum atomic E-state index is -1.37. The lowest BCUT2D eigenvalue weighted by atomic mass is 10.2. The third-order valence-electron chi connectivity index (χ3n) is 0.836. The van der Waals surface area contributed by atoms with Gasteiger partial charge in [0.15, 0.2) is 5.78 Å². The molecule has 0 saturated carbocycles. The van der Waals surface area contributed by atoms with Crippen molar-refractivity contribution in [1.82, 2.24) is 0 Å². The highest BCUT2D eigenvalue weighted by atomic mass is 19.3. The number of rotatable bonds is 2. The van der Waals surface area contributed by atoms with Gasteiger partial charge in [0.25, 0.3) is 0 Å². The molecule has 56 valence electrons. The number of carbonyl (C=O) groups excluding carboxylic acids is 2. The van der Waals surface area contributed by atoms with E-state index in [1.807, 2.05) is 0 Å². The molecule has 4 nitrogen and oxygen atoms in total. The average molecular weight is 147 g/mol. The standard InChI is InChI=1S/C5H6FNO3/c1-3(8)4(2-7)5(9)10-6/h2H,7H2,1H3. The summed E-state index contributed by atoms with van der Waals surface area (Å²) in [6.45, 7) is 1.08. The van der Waals surface area contributed by atoms with Crippen molar-refractivity contribution in [3.05, 3.63) is 11.8 Å². The maximum absolute atomic E-state index is 11.1. The molecule has 0 bridgehead atoms. The summed E-state index contributed by atoms with van der Waals surface area (Å²) in [7, 11) is 0. The monoisotopic (exact) mass is 147 g/mol. The summed E-state index contributed by atoms with van der Waals surface area (Å²) in [5, 5.41) is 0. The number of hydrogen-bond donors (Lipinski definition) is 1. The van der Waals surface area contributed by atoms with Crippen molar-refractivity contribution in [1.29, 1.82) is 0 Å². The topological polar surface area (TPSA) is 69.4 Å². The van der Waals surface area contributed by atoms with Crippen molar-refractivity contribution in [3.8, 4) is 0 Å². The molecule has 10 heavy (non-hydrogen) atoms. The van der Waals surface area contributed by atoms with Gasteiger partial charge in [-0.15, -0.1) is 0 Å². The fraction of sp³-hybridized carbons (Fsp3) is 0.200. The molecule has 0 aromatic carbocycles. The molecule has 0 aliphatic heterocycles. The van der Waals surface area contributed by atoms with Crippen LogP contribution < -0.4 is 5.73 Å². The molecule has 0 amide bonds. The van der Waals surface area contributed by atoms with Gasteiger partial charge in [-0.2, -0.15) is 0 Å². The third kappa shape index (κ3) is 1.85. The first-order valence-electron chi connectivity index (χ1n) is 2.39. The van der Waals surface area contributed by atoms with Gasteiger partial charge in [0.2, 0.25) is 0 Å². The predicted molar refractivity (Wildman–Crippen MR) is 30.2 cm³/mol. The zero-order chi connectivity index (χ0) is 8.15. The number of ketones is 1. The lowest BCUT2D eigenvalue weighted by Gasteiger charge is -1.92. The Morgan fingerprint density at radius 2 is 2.10 bits per heavy atom. The Balaban J connectivity index is 4.39. The minimum absolute atomic E-state index is 0.498. The van der Waals surface area contributed by atoms with Crippen molar-refractivity contribution >= 4 is 11.8 Å². The van der Waals surface area contributed by atoms with Gasteiger partial charge in [-0.1, -0.05) is 0 Å². The van der Waals surface area contributed by atoms with Gasteiger partial charge in [0.1, 0.15) is 5.57 Å². The number of halogens is 1. The molecule has 0 saturated heterocycles. The highest BCUT2D eigenvalue weighted by Gasteiger charge is 2.15. The van der Waals surface area contributed by atoms with E-state index in [1.54, 1.807) is 0 Å². The number of hydrogen-bond acceptors (Lipinski definition) is 4. The Bertz CT molecular complexity index is 187. The van der Waals surface area contributed by atoms with Gasteiger partial charge >= 0.3 is 5.97 Å². The second-order valence-corrected chi connectivity index (χ2v) is 1.50. The van der Waals surface area contributed by atoms with E-state index in [4.69, 9.17) is 5.73 Å². The zero-order valence-corrected chi connectivity index (χ0v) is 5.26. The molecule has 0 heterocycles. The summed E-state index contributed by atoms with van der Waals surface area (Å²) in [6.07, 6.45) is 0.699. The molecule has 0 rings (SSSR count). The molecule has 0 atom stereocenters. The summed E-state index contributed by atoms with van der Waals surface area (Å²) >= 11 is 0. The lowest BCUT2D eigenvalue weighted by molar-refractivity contribution is -0.178. The smallest absolute Gasteiger partial charge is 0.384 e. The van der Waals surface area contributed by atoms with Crippen LogP contribution in [-0.2, 0) is 14.5 Å². The molecule has 0 aliphatic rings. The highest BCUT2D eigenvalue weighted by Crippen LogP contribution is 1.97. The number of nitrogens with two attached hydrogens (primary N) is 1. The van der Waals surface area contributed by atoms with Crippen LogP contribution in [0.4, 0.5) is 4.53 Å². The molecular formula is C5H6FNO3. The van der Waals surface area contributed by atoms with Crippen LogP contribution in [0.25, 0.3) is 0 Å². The zero-order valence-electron chi connectivity index (χ0n) is 5.26. The van der Waals surface area contributed by atoms with Crippen LogP contribution in [0.15, 0.2) is 11.8 Å². The number of Topliss-reactive ketones (excluding diaryl/α,β-unsaturated/α-hetero) is 1. The summed E-state index contributed by atoms with van der Waals surface area (Å²) in [4.78, 5) is 23.3. The van der Waals surface area contributed by atoms with E-state index in [0.717, 1.165) is 6.92 Å². The van der Waals surface area contributed by atoms with E-state index in [9.17, 15) is 14.1 Å². The first-order valence-corrected chi connectivity index (χ1v) is 2.39. The molecule has 0 aromatic rings. The first kappa shape index (κ1) is 8.61. The number of carbonyl (C=O) groups is 2. The summed E-state index contributed by atoms with van der Waals surface area (Å²) in [5.74, 6) is -2.00. The van der Waals surface area contributed by atoms with Gasteiger partial charge in [-0.3, -0.25) is 4.79 Å². The van der Waals surface area contributed by atoms with Crippen LogP contribution in [0.5, 0.6) is 0 Å². The van der Waals surface area contributed by atoms with Gasteiger partial charge in [0.05, 0.1) is 0 Å². The van der Waals surface area contributed by atoms with Crippen LogP contribution in [0.2, 0.25) is 0 Å². The maximum atomic E-state index is 11.1. The third-order valence-corrected chi connectivity index (χ3v) is 0.836. The van der Waals surface area contributed by atoms with E-state index >= 15 is 0 Å². The maximum Gasteiger partial charge on any atom is 0.384 e. The Labute approximate surface area is 56.4 Å². The van der Waals surface area contributed by atoms with Crippen LogP contribution in [-0.4, -0.2) is 11.8 Å². The quantitative estimate of drug-likeness (QED) is 0.335. The summed E-state index contributed by atoms with van der Waals surface area (Å²) < 4.78 is 11.1. The van der Waals surface area contributed by atoms with Crippen LogP contribution in [0.3, 0.4) is 0 Å². The molecule has 0 aliphatic carbocycles. The van der Waals surface area contributed by atoms with E-state index in [2.05, 4.69) is 4.94 Å². The largest absolute Gasteiger partial charge is 0.404 e. The van der Waals surface area contributed by atoms with Crippen molar-refractivity contribution in [2.45, 2.75) is 6.92 Å². The van der Waals surface area contributed by atoms with E-state index in [0.29, 0.717) is 6.20 Å². The van der Waals surface area contributed by atoms with Crippen molar-refractivity contribution < 1.29 is 19.1 Å². The van der Waals surface area contributed by atoms with Crippen molar-refractivity contribution in [2.75, 3.05) is 0 Å². The van der Waals surface area contributed by atoms with Gasteiger partial charge < -0.3 is 5.73 Å². The lowest BCUT2D eigenvalue weighted by Crippen LogP contribution is -2.11. The molecule has 0 radical (unpaired) electrons. The van der Waals surface area contributed by atoms with Crippen molar-refractivity contribution in [2.24, 2.45) is 5.73 Å². The Morgan fingerprint density at radius 3 is 2.20 bits per heavy atom. The van der Waals surface area contributed by atoms with E-state index in [-0.39, 0.29) is 0 Å². The van der Waals surface area contributed by atoms with Crippen LogP contribution in [0.1, 0.15) is 6.92 Å². The van der Waals surface area contributed by atoms with Crippen molar-refractivity contribution in [3.63, 3.8) is 0 Å². The van der Waals surface area contributed by atoms with Gasteiger partial charge in [-0.05, 0) is 6.92 Å². The molecule has 0 aromatic heterocycles. The molecular weight excluding hydrogens is 141 g/mol. The molecule has 0 unspecified atom stereocenters. The van der Waals surface area contributed by atoms with E-state index in [1.165, 1.54) is 0 Å². The predicted octanol–water partition coefficient (Wildman–Crippen LogP) is -0.154. The summed E-state index contributed by atoms with van der Waals surface area (Å²) in [5.41, 5.74) is 4.30. The minimum Gasteiger partial charge on any atom is -0.404 e. The van der Waals surface area contributed by atoms with Gasteiger partial charge in [0, 0.05) is 10.7 Å². The Kier molecular flexibility index (Phi) is 3.10. The highest BCUT2D eigenvalue weighted by molar-refractivity contribution is 6.15. The normalized spacial score (nSPS) is 10.8. The molecule has 5 heteroatoms. The Hall–Kier alpha value is -1.39. The Morgan fingerprint density at radius 1 is 1.60 bits per heavy atom.